The zero-order valence-corrected chi connectivity index (χ0v) is 15.7. The lowest BCUT2D eigenvalue weighted by Crippen LogP contribution is -2.26. The van der Waals surface area contributed by atoms with Gasteiger partial charge >= 0.3 is 0 Å². The van der Waals surface area contributed by atoms with Crippen LogP contribution >= 0.6 is 0 Å². The highest BCUT2D eigenvalue weighted by Gasteiger charge is 2.16. The van der Waals surface area contributed by atoms with Gasteiger partial charge in [0.05, 0.1) is 0 Å². The molecule has 0 unspecified atom stereocenters. The quantitative estimate of drug-likeness (QED) is 0.677. The van der Waals surface area contributed by atoms with E-state index < -0.39 is 0 Å². The third-order valence-electron chi connectivity index (χ3n) is 4.17. The molecule has 0 aliphatic carbocycles. The third-order valence-corrected chi connectivity index (χ3v) is 4.17. The van der Waals surface area contributed by atoms with Gasteiger partial charge in [-0.25, -0.2) is 9.97 Å². The minimum absolute atomic E-state index is 0.179. The first-order valence-corrected chi connectivity index (χ1v) is 9.28. The lowest BCUT2D eigenvalue weighted by Gasteiger charge is -2.23. The summed E-state index contributed by atoms with van der Waals surface area (Å²) in [6.07, 6.45) is 0.875. The molecule has 0 fully saturated rings. The molecule has 5 nitrogen and oxygen atoms in total. The summed E-state index contributed by atoms with van der Waals surface area (Å²) >= 11 is 0. The third kappa shape index (κ3) is 4.50. The number of para-hydroxylation sites is 1. The molecule has 0 saturated heterocycles. The molecule has 5 heteroatoms. The summed E-state index contributed by atoms with van der Waals surface area (Å²) in [5, 5.41) is 2.90. The second-order valence-electron chi connectivity index (χ2n) is 6.14. The summed E-state index contributed by atoms with van der Waals surface area (Å²) in [5.41, 5.74) is 2.28. The van der Waals surface area contributed by atoms with Crippen LogP contribution in [-0.2, 0) is 0 Å². The Balaban J connectivity index is 2.08. The fraction of sp³-hybridized carbons (Fsp3) is 0.227. The summed E-state index contributed by atoms with van der Waals surface area (Å²) in [5.74, 6) is 1.07. The van der Waals surface area contributed by atoms with Crippen LogP contribution in [-0.4, -0.2) is 29.0 Å². The molecule has 0 radical (unpaired) electrons. The Morgan fingerprint density at radius 2 is 1.63 bits per heavy atom. The van der Waals surface area contributed by atoms with E-state index in [1.165, 1.54) is 0 Å². The van der Waals surface area contributed by atoms with Crippen molar-refractivity contribution in [2.75, 3.05) is 18.0 Å². The first-order chi connectivity index (χ1) is 13.2. The van der Waals surface area contributed by atoms with Crippen LogP contribution in [0.15, 0.2) is 66.7 Å². The molecule has 1 amide bonds. The summed E-state index contributed by atoms with van der Waals surface area (Å²) in [7, 11) is 0. The van der Waals surface area contributed by atoms with E-state index in [0.717, 1.165) is 24.2 Å². The SMILES string of the molecule is CCCNC(=O)c1cc(N(CC)c2ccccc2)nc(-c2ccccc2)n1. The fourth-order valence-electron chi connectivity index (χ4n) is 2.82. The number of hydrogen-bond acceptors (Lipinski definition) is 4. The lowest BCUT2D eigenvalue weighted by atomic mass is 10.2. The normalized spacial score (nSPS) is 10.4. The van der Waals surface area contributed by atoms with Gasteiger partial charge in [0, 0.05) is 30.4 Å². The van der Waals surface area contributed by atoms with Crippen molar-refractivity contribution >= 4 is 17.4 Å². The second kappa shape index (κ2) is 8.94. The van der Waals surface area contributed by atoms with Crippen molar-refractivity contribution in [1.29, 1.82) is 0 Å². The molecule has 0 saturated carbocycles. The minimum Gasteiger partial charge on any atom is -0.351 e. The van der Waals surface area contributed by atoms with Gasteiger partial charge in [-0.2, -0.15) is 0 Å². The number of aromatic nitrogens is 2. The van der Waals surface area contributed by atoms with Gasteiger partial charge in [0.2, 0.25) is 0 Å². The molecule has 1 aromatic heterocycles. The highest BCUT2D eigenvalue weighted by Crippen LogP contribution is 2.26. The van der Waals surface area contributed by atoms with Gasteiger partial charge in [-0.1, -0.05) is 55.5 Å². The molecule has 138 valence electrons. The minimum atomic E-state index is -0.179. The summed E-state index contributed by atoms with van der Waals surface area (Å²) < 4.78 is 0. The summed E-state index contributed by atoms with van der Waals surface area (Å²) in [6.45, 7) is 5.43. The Morgan fingerprint density at radius 1 is 0.963 bits per heavy atom. The van der Waals surface area contributed by atoms with Crippen LogP contribution in [0, 0.1) is 0 Å². The Labute approximate surface area is 160 Å². The van der Waals surface area contributed by atoms with E-state index in [9.17, 15) is 4.79 Å². The van der Waals surface area contributed by atoms with E-state index in [0.29, 0.717) is 23.9 Å². The maximum absolute atomic E-state index is 12.6. The van der Waals surface area contributed by atoms with Crippen molar-refractivity contribution in [2.24, 2.45) is 0 Å². The van der Waals surface area contributed by atoms with Crippen LogP contribution < -0.4 is 10.2 Å². The van der Waals surface area contributed by atoms with E-state index in [2.05, 4.69) is 22.1 Å². The molecule has 1 heterocycles. The Bertz CT molecular complexity index is 881. The average molecular weight is 360 g/mol. The molecular weight excluding hydrogens is 336 g/mol. The number of anilines is 2. The summed E-state index contributed by atoms with van der Waals surface area (Å²) in [4.78, 5) is 23.9. The molecule has 0 aliphatic heterocycles. The van der Waals surface area contributed by atoms with Gasteiger partial charge in [-0.15, -0.1) is 0 Å². The standard InChI is InChI=1S/C22H24N4O/c1-3-15-23-22(27)19-16-20(26(4-2)18-13-9-6-10-14-18)25-21(24-19)17-11-7-5-8-12-17/h5-14,16H,3-4,15H2,1-2H3,(H,23,27). The van der Waals surface area contributed by atoms with Crippen LogP contribution in [0.1, 0.15) is 30.8 Å². The predicted molar refractivity (Wildman–Crippen MR) is 109 cm³/mol. The number of benzene rings is 2. The number of amides is 1. The molecule has 0 spiro atoms. The maximum atomic E-state index is 12.6. The van der Waals surface area contributed by atoms with Crippen molar-refractivity contribution in [3.63, 3.8) is 0 Å². The fourth-order valence-corrected chi connectivity index (χ4v) is 2.82. The zero-order chi connectivity index (χ0) is 19.1. The molecule has 27 heavy (non-hydrogen) atoms. The van der Waals surface area contributed by atoms with Gasteiger partial charge in [-0.05, 0) is 25.5 Å². The van der Waals surface area contributed by atoms with Crippen LogP contribution in [0.3, 0.4) is 0 Å². The van der Waals surface area contributed by atoms with Crippen LogP contribution in [0.4, 0.5) is 11.5 Å². The van der Waals surface area contributed by atoms with Crippen molar-refractivity contribution in [3.8, 4) is 11.4 Å². The van der Waals surface area contributed by atoms with E-state index in [1.807, 2.05) is 67.6 Å². The molecule has 3 rings (SSSR count). The Kier molecular flexibility index (Phi) is 6.15. The van der Waals surface area contributed by atoms with E-state index in [-0.39, 0.29) is 5.91 Å². The predicted octanol–water partition coefficient (Wildman–Crippen LogP) is 4.44. The first kappa shape index (κ1) is 18.6. The number of nitrogens with zero attached hydrogens (tertiary/aromatic N) is 3. The van der Waals surface area contributed by atoms with E-state index in [4.69, 9.17) is 4.98 Å². The van der Waals surface area contributed by atoms with Gasteiger partial charge in [-0.3, -0.25) is 4.79 Å². The van der Waals surface area contributed by atoms with Gasteiger partial charge in [0.25, 0.3) is 5.91 Å². The topological polar surface area (TPSA) is 58.1 Å². The van der Waals surface area contributed by atoms with Crippen molar-refractivity contribution in [3.05, 3.63) is 72.4 Å². The van der Waals surface area contributed by atoms with Crippen molar-refractivity contribution in [1.82, 2.24) is 15.3 Å². The van der Waals surface area contributed by atoms with Crippen LogP contribution in [0.25, 0.3) is 11.4 Å². The highest BCUT2D eigenvalue weighted by molar-refractivity contribution is 5.93. The number of nitrogens with one attached hydrogen (secondary N) is 1. The highest BCUT2D eigenvalue weighted by atomic mass is 16.1. The molecule has 0 atom stereocenters. The number of hydrogen-bond donors (Lipinski definition) is 1. The van der Waals surface area contributed by atoms with Crippen molar-refractivity contribution < 1.29 is 4.79 Å². The largest absolute Gasteiger partial charge is 0.351 e. The number of carbonyl (C=O) groups excluding carboxylic acids is 1. The van der Waals surface area contributed by atoms with E-state index in [1.54, 1.807) is 6.07 Å². The van der Waals surface area contributed by atoms with Crippen LogP contribution in [0.5, 0.6) is 0 Å². The number of carbonyl (C=O) groups is 1. The van der Waals surface area contributed by atoms with Gasteiger partial charge in [0.15, 0.2) is 5.82 Å². The molecular formula is C22H24N4O. The lowest BCUT2D eigenvalue weighted by molar-refractivity contribution is 0.0948. The molecule has 1 N–H and O–H groups in total. The average Bonchev–Trinajstić information content (AvgIpc) is 2.74. The first-order valence-electron chi connectivity index (χ1n) is 9.28. The van der Waals surface area contributed by atoms with Crippen molar-refractivity contribution in [2.45, 2.75) is 20.3 Å². The molecule has 3 aromatic rings. The maximum Gasteiger partial charge on any atom is 0.270 e. The monoisotopic (exact) mass is 360 g/mol. The second-order valence-corrected chi connectivity index (χ2v) is 6.14. The van der Waals surface area contributed by atoms with E-state index >= 15 is 0 Å². The molecule has 2 aromatic carbocycles. The zero-order valence-electron chi connectivity index (χ0n) is 15.7. The molecule has 0 bridgehead atoms. The summed E-state index contributed by atoms with van der Waals surface area (Å²) in [6, 6.07) is 21.5. The molecule has 0 aliphatic rings. The van der Waals surface area contributed by atoms with Crippen LogP contribution in [0.2, 0.25) is 0 Å². The Hall–Kier alpha value is -3.21. The number of rotatable bonds is 7. The van der Waals surface area contributed by atoms with Gasteiger partial charge in [0.1, 0.15) is 11.5 Å². The van der Waals surface area contributed by atoms with Gasteiger partial charge < -0.3 is 10.2 Å². The Morgan fingerprint density at radius 3 is 2.26 bits per heavy atom. The smallest absolute Gasteiger partial charge is 0.270 e.